The first kappa shape index (κ1) is 15.2. The minimum absolute atomic E-state index is 0.201. The number of nitrogens with zero attached hydrogens (tertiary/aromatic N) is 6. The summed E-state index contributed by atoms with van der Waals surface area (Å²) in [5.41, 5.74) is 2.82. The van der Waals surface area contributed by atoms with Crippen LogP contribution in [0.15, 0.2) is 43.1 Å². The molecule has 3 aromatic heterocycles. The van der Waals surface area contributed by atoms with Gasteiger partial charge in [0.15, 0.2) is 5.82 Å². The summed E-state index contributed by atoms with van der Waals surface area (Å²) < 4.78 is 6.86. The first-order valence-corrected chi connectivity index (χ1v) is 7.37. The standard InChI is InChI=1S/C16H18N6O/c1-12(7-13-3-5-17-6-4-13)22-10-15(20-21-22)14-8-18-16(11-23-2)19-9-14/h3-6,8-10,12H,7,11H2,1-2H3/t12-/m1/s1. The second-order valence-electron chi connectivity index (χ2n) is 5.31. The van der Waals surface area contributed by atoms with Gasteiger partial charge in [0, 0.05) is 37.5 Å². The van der Waals surface area contributed by atoms with Crippen molar-refractivity contribution < 1.29 is 4.74 Å². The Morgan fingerprint density at radius 1 is 1.17 bits per heavy atom. The summed E-state index contributed by atoms with van der Waals surface area (Å²) in [6.45, 7) is 2.51. The van der Waals surface area contributed by atoms with E-state index in [0.29, 0.717) is 12.4 Å². The van der Waals surface area contributed by atoms with Crippen LogP contribution in [0.25, 0.3) is 11.3 Å². The van der Waals surface area contributed by atoms with Crippen molar-refractivity contribution in [3.63, 3.8) is 0 Å². The van der Waals surface area contributed by atoms with Gasteiger partial charge in [-0.05, 0) is 31.0 Å². The van der Waals surface area contributed by atoms with Gasteiger partial charge in [0.25, 0.3) is 0 Å². The number of methoxy groups -OCH3 is 1. The summed E-state index contributed by atoms with van der Waals surface area (Å²) in [7, 11) is 1.62. The van der Waals surface area contributed by atoms with Crippen LogP contribution in [0.1, 0.15) is 24.4 Å². The van der Waals surface area contributed by atoms with Crippen molar-refractivity contribution >= 4 is 0 Å². The molecule has 0 spiro atoms. The van der Waals surface area contributed by atoms with Crippen LogP contribution in [0.4, 0.5) is 0 Å². The molecule has 0 unspecified atom stereocenters. The Hall–Kier alpha value is -2.67. The van der Waals surface area contributed by atoms with Crippen molar-refractivity contribution in [1.82, 2.24) is 29.9 Å². The van der Waals surface area contributed by atoms with Crippen LogP contribution in [0.2, 0.25) is 0 Å². The molecule has 3 heterocycles. The first-order chi connectivity index (χ1) is 11.3. The van der Waals surface area contributed by atoms with Crippen LogP contribution in [-0.2, 0) is 17.8 Å². The predicted molar refractivity (Wildman–Crippen MR) is 84.4 cm³/mol. The van der Waals surface area contributed by atoms with Crippen molar-refractivity contribution in [2.75, 3.05) is 7.11 Å². The van der Waals surface area contributed by atoms with Crippen LogP contribution < -0.4 is 0 Å². The highest BCUT2D eigenvalue weighted by Gasteiger charge is 2.11. The molecule has 23 heavy (non-hydrogen) atoms. The van der Waals surface area contributed by atoms with Crippen molar-refractivity contribution in [2.45, 2.75) is 26.0 Å². The highest BCUT2D eigenvalue weighted by molar-refractivity contribution is 5.54. The highest BCUT2D eigenvalue weighted by Crippen LogP contribution is 2.18. The number of ether oxygens (including phenoxy) is 1. The fourth-order valence-electron chi connectivity index (χ4n) is 2.27. The molecule has 7 nitrogen and oxygen atoms in total. The van der Waals surface area contributed by atoms with Gasteiger partial charge in [0.05, 0.1) is 12.2 Å². The summed E-state index contributed by atoms with van der Waals surface area (Å²) in [6, 6.07) is 4.22. The largest absolute Gasteiger partial charge is 0.377 e. The molecule has 118 valence electrons. The zero-order valence-electron chi connectivity index (χ0n) is 13.1. The van der Waals surface area contributed by atoms with Crippen LogP contribution in [-0.4, -0.2) is 37.1 Å². The lowest BCUT2D eigenvalue weighted by atomic mass is 10.1. The van der Waals surface area contributed by atoms with Crippen molar-refractivity contribution in [3.8, 4) is 11.3 Å². The lowest BCUT2D eigenvalue weighted by molar-refractivity contribution is 0.178. The van der Waals surface area contributed by atoms with Gasteiger partial charge in [0.2, 0.25) is 0 Å². The third-order valence-electron chi connectivity index (χ3n) is 3.52. The molecule has 0 fully saturated rings. The lowest BCUT2D eigenvalue weighted by Gasteiger charge is -2.10. The molecule has 0 saturated carbocycles. The number of aromatic nitrogens is 6. The Morgan fingerprint density at radius 2 is 1.91 bits per heavy atom. The van der Waals surface area contributed by atoms with Crippen LogP contribution in [0, 0.1) is 0 Å². The maximum atomic E-state index is 5.00. The minimum Gasteiger partial charge on any atom is -0.377 e. The van der Waals surface area contributed by atoms with Crippen molar-refractivity contribution in [2.24, 2.45) is 0 Å². The Kier molecular flexibility index (Phi) is 4.68. The monoisotopic (exact) mass is 310 g/mol. The molecule has 0 aliphatic carbocycles. The molecule has 0 N–H and O–H groups in total. The number of hydrogen-bond acceptors (Lipinski definition) is 6. The first-order valence-electron chi connectivity index (χ1n) is 7.37. The summed E-state index contributed by atoms with van der Waals surface area (Å²) in [4.78, 5) is 12.5. The van der Waals surface area contributed by atoms with E-state index in [1.807, 2.05) is 23.0 Å². The summed E-state index contributed by atoms with van der Waals surface area (Å²) in [5, 5.41) is 8.43. The van der Waals surface area contributed by atoms with Crippen LogP contribution >= 0.6 is 0 Å². The molecular weight excluding hydrogens is 292 g/mol. The molecule has 0 aliphatic rings. The van der Waals surface area contributed by atoms with Crippen LogP contribution in [0.5, 0.6) is 0 Å². The number of hydrogen-bond donors (Lipinski definition) is 0. The van der Waals surface area contributed by atoms with Gasteiger partial charge >= 0.3 is 0 Å². The summed E-state index contributed by atoms with van der Waals surface area (Å²) in [5.74, 6) is 0.648. The lowest BCUT2D eigenvalue weighted by Crippen LogP contribution is -2.09. The summed E-state index contributed by atoms with van der Waals surface area (Å²) in [6.07, 6.45) is 9.86. The van der Waals surface area contributed by atoms with Crippen molar-refractivity contribution in [3.05, 3.63) is 54.5 Å². The van der Waals surface area contributed by atoms with E-state index in [0.717, 1.165) is 17.7 Å². The third-order valence-corrected chi connectivity index (χ3v) is 3.52. The minimum atomic E-state index is 0.201. The average molecular weight is 310 g/mol. The molecule has 0 radical (unpaired) electrons. The molecule has 0 bridgehead atoms. The van der Waals surface area contributed by atoms with E-state index in [2.05, 4.69) is 32.2 Å². The second-order valence-corrected chi connectivity index (χ2v) is 5.31. The molecule has 0 amide bonds. The molecule has 0 saturated heterocycles. The number of rotatable bonds is 6. The zero-order valence-corrected chi connectivity index (χ0v) is 13.1. The van der Waals surface area contributed by atoms with Gasteiger partial charge in [-0.1, -0.05) is 5.21 Å². The fourth-order valence-corrected chi connectivity index (χ4v) is 2.27. The van der Waals surface area contributed by atoms with E-state index < -0.39 is 0 Å². The maximum Gasteiger partial charge on any atom is 0.153 e. The zero-order chi connectivity index (χ0) is 16.1. The number of pyridine rings is 1. The topological polar surface area (TPSA) is 78.6 Å². The quantitative estimate of drug-likeness (QED) is 0.693. The van der Waals surface area contributed by atoms with E-state index in [4.69, 9.17) is 4.74 Å². The Balaban J connectivity index is 1.72. The van der Waals surface area contributed by atoms with Gasteiger partial charge in [-0.3, -0.25) is 4.98 Å². The Labute approximate surface area is 134 Å². The van der Waals surface area contributed by atoms with Gasteiger partial charge in [0.1, 0.15) is 12.3 Å². The molecule has 1 atom stereocenters. The van der Waals surface area contributed by atoms with E-state index >= 15 is 0 Å². The smallest absolute Gasteiger partial charge is 0.153 e. The fraction of sp³-hybridized carbons (Fsp3) is 0.312. The van der Waals surface area contributed by atoms with E-state index in [-0.39, 0.29) is 6.04 Å². The Morgan fingerprint density at radius 3 is 2.61 bits per heavy atom. The van der Waals surface area contributed by atoms with Gasteiger partial charge in [-0.25, -0.2) is 14.6 Å². The predicted octanol–water partition coefficient (Wildman–Crippen LogP) is 2.08. The normalized spacial score (nSPS) is 12.3. The molecule has 3 rings (SSSR count). The van der Waals surface area contributed by atoms with Gasteiger partial charge in [-0.2, -0.15) is 0 Å². The highest BCUT2D eigenvalue weighted by atomic mass is 16.5. The maximum absolute atomic E-state index is 5.00. The molecule has 3 aromatic rings. The van der Waals surface area contributed by atoms with Gasteiger partial charge in [-0.15, -0.1) is 5.10 Å². The average Bonchev–Trinajstić information content (AvgIpc) is 3.07. The van der Waals surface area contributed by atoms with Crippen LogP contribution in [0.3, 0.4) is 0 Å². The molecule has 0 aliphatic heterocycles. The Bertz CT molecular complexity index is 741. The van der Waals surface area contributed by atoms with E-state index in [1.165, 1.54) is 5.56 Å². The SMILES string of the molecule is COCc1ncc(-c2cn([C@H](C)Cc3ccncc3)nn2)cn1. The second kappa shape index (κ2) is 7.06. The van der Waals surface area contributed by atoms with E-state index in [1.54, 1.807) is 31.9 Å². The van der Waals surface area contributed by atoms with Gasteiger partial charge < -0.3 is 4.74 Å². The van der Waals surface area contributed by atoms with E-state index in [9.17, 15) is 0 Å². The molecular formula is C16H18N6O. The molecule has 0 aromatic carbocycles. The summed E-state index contributed by atoms with van der Waals surface area (Å²) >= 11 is 0. The van der Waals surface area contributed by atoms with Crippen molar-refractivity contribution in [1.29, 1.82) is 0 Å². The molecule has 7 heteroatoms. The third kappa shape index (κ3) is 3.75.